The number of hydrogen-bond donors (Lipinski definition) is 3. The molecule has 1 aromatic carbocycles. The Morgan fingerprint density at radius 3 is 2.33 bits per heavy atom. The summed E-state index contributed by atoms with van der Waals surface area (Å²) in [7, 11) is 0. The molecule has 6 nitrogen and oxygen atoms in total. The molecular weight excluding hydrogens is 306 g/mol. The van der Waals surface area contributed by atoms with Crippen LogP contribution in [0.1, 0.15) is 57.9 Å². The first-order valence-electron chi connectivity index (χ1n) is 8.31. The summed E-state index contributed by atoms with van der Waals surface area (Å²) in [6, 6.07) is 7.21. The highest BCUT2D eigenvalue weighted by atomic mass is 16.3. The van der Waals surface area contributed by atoms with Crippen molar-refractivity contribution < 1.29 is 14.7 Å². The van der Waals surface area contributed by atoms with Crippen LogP contribution in [0.25, 0.3) is 0 Å². The van der Waals surface area contributed by atoms with Gasteiger partial charge in [-0.05, 0) is 37.5 Å². The van der Waals surface area contributed by atoms with Gasteiger partial charge >= 0.3 is 0 Å². The minimum Gasteiger partial charge on any atom is -0.389 e. The summed E-state index contributed by atoms with van der Waals surface area (Å²) in [5.41, 5.74) is 3.86. The highest BCUT2D eigenvalue weighted by Gasteiger charge is 2.31. The van der Waals surface area contributed by atoms with Crippen molar-refractivity contribution in [2.24, 2.45) is 5.10 Å². The number of nitrogens with zero attached hydrogens (tertiary/aromatic N) is 1. The molecule has 0 saturated heterocycles. The Labute approximate surface area is 142 Å². The summed E-state index contributed by atoms with van der Waals surface area (Å²) in [5.74, 6) is -0.394. The minimum atomic E-state index is -0.883. The van der Waals surface area contributed by atoms with E-state index in [9.17, 15) is 14.7 Å². The summed E-state index contributed by atoms with van der Waals surface area (Å²) in [4.78, 5) is 23.0. The van der Waals surface area contributed by atoms with E-state index in [2.05, 4.69) is 15.8 Å². The molecule has 0 bridgehead atoms. The van der Waals surface area contributed by atoms with Gasteiger partial charge in [0.25, 0.3) is 0 Å². The first kappa shape index (κ1) is 18.1. The molecule has 0 heterocycles. The lowest BCUT2D eigenvalue weighted by Gasteiger charge is -2.31. The molecule has 1 aliphatic carbocycles. The van der Waals surface area contributed by atoms with E-state index in [4.69, 9.17) is 0 Å². The molecule has 24 heavy (non-hydrogen) atoms. The van der Waals surface area contributed by atoms with Crippen LogP contribution in [0.4, 0.5) is 5.69 Å². The fraction of sp³-hybridized carbons (Fsp3) is 0.500. The minimum absolute atomic E-state index is 0.0885. The zero-order valence-electron chi connectivity index (χ0n) is 14.3. The van der Waals surface area contributed by atoms with Crippen molar-refractivity contribution in [1.29, 1.82) is 0 Å². The summed E-state index contributed by atoms with van der Waals surface area (Å²) < 4.78 is 0. The fourth-order valence-corrected chi connectivity index (χ4v) is 2.93. The molecule has 0 aliphatic heterocycles. The Morgan fingerprint density at radius 1 is 1.12 bits per heavy atom. The number of rotatable bonds is 5. The van der Waals surface area contributed by atoms with Gasteiger partial charge in [0.15, 0.2) is 0 Å². The topological polar surface area (TPSA) is 90.8 Å². The van der Waals surface area contributed by atoms with Crippen LogP contribution in [-0.4, -0.2) is 28.2 Å². The highest BCUT2D eigenvalue weighted by molar-refractivity contribution is 6.00. The van der Waals surface area contributed by atoms with Gasteiger partial charge in [-0.3, -0.25) is 9.59 Å². The van der Waals surface area contributed by atoms with Crippen LogP contribution in [0.3, 0.4) is 0 Å². The van der Waals surface area contributed by atoms with Gasteiger partial charge in [0.2, 0.25) is 11.8 Å². The van der Waals surface area contributed by atoms with Crippen LogP contribution < -0.4 is 10.7 Å². The number of hydrogen-bond acceptors (Lipinski definition) is 4. The monoisotopic (exact) mass is 331 g/mol. The number of carbonyl (C=O) groups excluding carboxylic acids is 2. The predicted molar refractivity (Wildman–Crippen MR) is 93.8 cm³/mol. The van der Waals surface area contributed by atoms with Crippen molar-refractivity contribution in [2.75, 3.05) is 5.32 Å². The van der Waals surface area contributed by atoms with Crippen molar-refractivity contribution in [3.8, 4) is 0 Å². The van der Waals surface area contributed by atoms with Crippen LogP contribution in [-0.2, 0) is 9.59 Å². The van der Waals surface area contributed by atoms with Crippen molar-refractivity contribution in [1.82, 2.24) is 5.43 Å². The molecule has 0 radical (unpaired) electrons. The number of amides is 2. The molecule has 6 heteroatoms. The molecule has 0 spiro atoms. The Kier molecular flexibility index (Phi) is 6.09. The third-order valence-corrected chi connectivity index (χ3v) is 4.25. The number of benzene rings is 1. The lowest BCUT2D eigenvalue weighted by atomic mass is 9.82. The molecule has 1 aromatic rings. The van der Waals surface area contributed by atoms with Crippen molar-refractivity contribution in [2.45, 2.75) is 58.0 Å². The van der Waals surface area contributed by atoms with E-state index < -0.39 is 5.60 Å². The highest BCUT2D eigenvalue weighted by Crippen LogP contribution is 2.30. The lowest BCUT2D eigenvalue weighted by Crippen LogP contribution is -2.37. The van der Waals surface area contributed by atoms with Crippen LogP contribution in [0.15, 0.2) is 29.4 Å². The van der Waals surface area contributed by atoms with E-state index in [1.54, 1.807) is 19.1 Å². The molecule has 1 fully saturated rings. The zero-order valence-corrected chi connectivity index (χ0v) is 14.3. The van der Waals surface area contributed by atoms with E-state index >= 15 is 0 Å². The standard InChI is InChI=1S/C18H25N3O3/c1-13(15-6-8-16(9-7-15)19-14(2)22)20-21-17(23)12-18(24)10-4-3-5-11-18/h6-9,24H,3-5,10-12H2,1-2H3,(H,19,22)(H,21,23)/b20-13+. The molecule has 0 unspecified atom stereocenters. The first-order valence-corrected chi connectivity index (χ1v) is 8.31. The van der Waals surface area contributed by atoms with Crippen LogP contribution in [0.2, 0.25) is 0 Å². The number of nitrogens with one attached hydrogen (secondary N) is 2. The molecule has 1 aliphatic rings. The maximum atomic E-state index is 12.0. The first-order chi connectivity index (χ1) is 11.4. The second-order valence-electron chi connectivity index (χ2n) is 6.45. The van der Waals surface area contributed by atoms with E-state index in [1.807, 2.05) is 12.1 Å². The average molecular weight is 331 g/mol. The summed E-state index contributed by atoms with van der Waals surface area (Å²) >= 11 is 0. The summed E-state index contributed by atoms with van der Waals surface area (Å²) in [6.45, 7) is 3.25. The van der Waals surface area contributed by atoms with E-state index in [1.165, 1.54) is 6.92 Å². The predicted octanol–water partition coefficient (Wildman–Crippen LogP) is 2.57. The van der Waals surface area contributed by atoms with E-state index in [0.717, 1.165) is 24.8 Å². The van der Waals surface area contributed by atoms with Crippen molar-refractivity contribution in [3.63, 3.8) is 0 Å². The largest absolute Gasteiger partial charge is 0.389 e. The molecule has 0 aromatic heterocycles. The molecule has 0 atom stereocenters. The molecular formula is C18H25N3O3. The number of hydrazone groups is 1. The summed E-state index contributed by atoms with van der Waals surface area (Å²) in [6.07, 6.45) is 4.49. The Bertz CT molecular complexity index is 617. The third-order valence-electron chi connectivity index (χ3n) is 4.25. The summed E-state index contributed by atoms with van der Waals surface area (Å²) in [5, 5.41) is 17.2. The average Bonchev–Trinajstić information content (AvgIpc) is 2.53. The van der Waals surface area contributed by atoms with Gasteiger partial charge in [0.1, 0.15) is 0 Å². The van der Waals surface area contributed by atoms with Gasteiger partial charge in [0.05, 0.1) is 17.7 Å². The SMILES string of the molecule is CC(=O)Nc1ccc(/C(C)=N/NC(=O)CC2(O)CCCCC2)cc1. The smallest absolute Gasteiger partial charge is 0.242 e. The van der Waals surface area contributed by atoms with Gasteiger partial charge in [-0.2, -0.15) is 5.10 Å². The van der Waals surface area contributed by atoms with E-state index in [-0.39, 0.29) is 18.2 Å². The second-order valence-corrected chi connectivity index (χ2v) is 6.45. The van der Waals surface area contributed by atoms with Gasteiger partial charge < -0.3 is 10.4 Å². The molecule has 2 rings (SSSR count). The van der Waals surface area contributed by atoms with Crippen LogP contribution >= 0.6 is 0 Å². The maximum Gasteiger partial charge on any atom is 0.242 e. The quantitative estimate of drug-likeness (QED) is 0.572. The lowest BCUT2D eigenvalue weighted by molar-refractivity contribution is -0.127. The molecule has 2 amide bonds. The number of carbonyl (C=O) groups is 2. The second kappa shape index (κ2) is 8.06. The Morgan fingerprint density at radius 2 is 1.75 bits per heavy atom. The van der Waals surface area contributed by atoms with Crippen molar-refractivity contribution in [3.05, 3.63) is 29.8 Å². The fourth-order valence-electron chi connectivity index (χ4n) is 2.93. The molecule has 130 valence electrons. The van der Waals surface area contributed by atoms with Gasteiger partial charge in [-0.25, -0.2) is 5.43 Å². The van der Waals surface area contributed by atoms with Crippen molar-refractivity contribution >= 4 is 23.2 Å². The van der Waals surface area contributed by atoms with Gasteiger partial charge in [-0.15, -0.1) is 0 Å². The van der Waals surface area contributed by atoms with Crippen LogP contribution in [0, 0.1) is 0 Å². The Balaban J connectivity index is 1.90. The van der Waals surface area contributed by atoms with Crippen LogP contribution in [0.5, 0.6) is 0 Å². The number of aliphatic hydroxyl groups is 1. The molecule has 3 N–H and O–H groups in total. The molecule has 1 saturated carbocycles. The van der Waals surface area contributed by atoms with E-state index in [0.29, 0.717) is 24.2 Å². The van der Waals surface area contributed by atoms with Gasteiger partial charge in [-0.1, -0.05) is 31.4 Å². The normalized spacial score (nSPS) is 17.2. The Hall–Kier alpha value is -2.21. The third kappa shape index (κ3) is 5.45. The number of anilines is 1. The maximum absolute atomic E-state index is 12.0. The van der Waals surface area contributed by atoms with Gasteiger partial charge in [0, 0.05) is 12.6 Å². The zero-order chi connectivity index (χ0) is 17.6.